The molecule has 0 saturated carbocycles. The molecule has 19 heavy (non-hydrogen) atoms. The Morgan fingerprint density at radius 1 is 0.737 bits per heavy atom. The minimum absolute atomic E-state index is 0.269. The van der Waals surface area contributed by atoms with E-state index in [2.05, 4.69) is 0 Å². The molecular formula is C16H26O3. The first-order valence-electron chi connectivity index (χ1n) is 7.30. The molecule has 108 valence electrons. The van der Waals surface area contributed by atoms with Crippen molar-refractivity contribution in [2.24, 2.45) is 0 Å². The highest BCUT2D eigenvalue weighted by atomic mass is 16.5. The van der Waals surface area contributed by atoms with E-state index >= 15 is 0 Å². The van der Waals surface area contributed by atoms with E-state index in [1.54, 1.807) is 0 Å². The van der Waals surface area contributed by atoms with Crippen molar-refractivity contribution in [1.82, 2.24) is 0 Å². The van der Waals surface area contributed by atoms with Crippen LogP contribution in [0, 0.1) is 0 Å². The number of aliphatic hydroxyl groups is 1. The Morgan fingerprint density at radius 3 is 2.05 bits per heavy atom. The lowest BCUT2D eigenvalue weighted by molar-refractivity contribution is 0.121. The Kier molecular flexibility index (Phi) is 10.1. The van der Waals surface area contributed by atoms with Gasteiger partial charge in [0.2, 0.25) is 0 Å². The Labute approximate surface area is 116 Å². The number of benzene rings is 1. The van der Waals surface area contributed by atoms with Gasteiger partial charge < -0.3 is 14.6 Å². The summed E-state index contributed by atoms with van der Waals surface area (Å²) in [6, 6.07) is 9.95. The van der Waals surface area contributed by atoms with Crippen LogP contribution in [0.4, 0.5) is 0 Å². The molecule has 0 radical (unpaired) electrons. The molecule has 1 N–H and O–H groups in total. The molecule has 0 saturated heterocycles. The van der Waals surface area contributed by atoms with E-state index in [0.29, 0.717) is 0 Å². The first-order chi connectivity index (χ1) is 9.43. The molecule has 0 unspecified atom stereocenters. The second kappa shape index (κ2) is 12.0. The van der Waals surface area contributed by atoms with E-state index in [-0.39, 0.29) is 6.61 Å². The van der Waals surface area contributed by atoms with Gasteiger partial charge in [0.1, 0.15) is 5.75 Å². The maximum Gasteiger partial charge on any atom is 0.119 e. The lowest BCUT2D eigenvalue weighted by atomic mass is 10.2. The van der Waals surface area contributed by atoms with Crippen LogP contribution in [0.1, 0.15) is 38.5 Å². The van der Waals surface area contributed by atoms with Crippen LogP contribution in [0.15, 0.2) is 30.3 Å². The van der Waals surface area contributed by atoms with Crippen LogP contribution in [-0.2, 0) is 4.74 Å². The van der Waals surface area contributed by atoms with Crippen LogP contribution in [0.5, 0.6) is 5.75 Å². The summed E-state index contributed by atoms with van der Waals surface area (Å²) < 4.78 is 11.1. The Bertz CT molecular complexity index is 287. The van der Waals surface area contributed by atoms with Gasteiger partial charge in [0.25, 0.3) is 0 Å². The van der Waals surface area contributed by atoms with Crippen LogP contribution in [-0.4, -0.2) is 31.5 Å². The van der Waals surface area contributed by atoms with Crippen molar-refractivity contribution in [2.45, 2.75) is 38.5 Å². The quantitative estimate of drug-likeness (QED) is 0.589. The molecule has 0 aliphatic carbocycles. The van der Waals surface area contributed by atoms with Gasteiger partial charge >= 0.3 is 0 Å². The van der Waals surface area contributed by atoms with E-state index in [0.717, 1.165) is 51.3 Å². The first kappa shape index (κ1) is 16.0. The molecule has 3 nitrogen and oxygen atoms in total. The minimum Gasteiger partial charge on any atom is -0.494 e. The molecule has 0 aromatic heterocycles. The topological polar surface area (TPSA) is 38.7 Å². The Balaban J connectivity index is 1.79. The average molecular weight is 266 g/mol. The fourth-order valence-corrected chi connectivity index (χ4v) is 1.78. The fraction of sp³-hybridized carbons (Fsp3) is 0.625. The number of hydrogen-bond acceptors (Lipinski definition) is 3. The van der Waals surface area contributed by atoms with Gasteiger partial charge in [-0.15, -0.1) is 0 Å². The molecule has 3 heteroatoms. The lowest BCUT2D eigenvalue weighted by Crippen LogP contribution is -2.00. The molecular weight excluding hydrogens is 240 g/mol. The predicted molar refractivity (Wildman–Crippen MR) is 77.5 cm³/mol. The summed E-state index contributed by atoms with van der Waals surface area (Å²) in [6.07, 6.45) is 6.40. The van der Waals surface area contributed by atoms with Crippen molar-refractivity contribution in [1.29, 1.82) is 0 Å². The number of ether oxygens (including phenoxy) is 2. The predicted octanol–water partition coefficient (Wildman–Crippen LogP) is 3.41. The van der Waals surface area contributed by atoms with Gasteiger partial charge in [-0.2, -0.15) is 0 Å². The van der Waals surface area contributed by atoms with Crippen LogP contribution in [0.25, 0.3) is 0 Å². The monoisotopic (exact) mass is 266 g/mol. The van der Waals surface area contributed by atoms with Gasteiger partial charge in [-0.25, -0.2) is 0 Å². The summed E-state index contributed by atoms with van der Waals surface area (Å²) in [6.45, 7) is 2.68. The number of aliphatic hydroxyl groups excluding tert-OH is 1. The summed E-state index contributed by atoms with van der Waals surface area (Å²) in [4.78, 5) is 0. The normalized spacial score (nSPS) is 10.6. The van der Waals surface area contributed by atoms with E-state index in [9.17, 15) is 0 Å². The molecule has 0 amide bonds. The van der Waals surface area contributed by atoms with Crippen molar-refractivity contribution in [3.63, 3.8) is 0 Å². The second-order valence-electron chi connectivity index (χ2n) is 4.62. The molecule has 0 aliphatic heterocycles. The minimum atomic E-state index is 0.269. The summed E-state index contributed by atoms with van der Waals surface area (Å²) in [5, 5.41) is 8.60. The van der Waals surface area contributed by atoms with Gasteiger partial charge in [-0.3, -0.25) is 0 Å². The summed E-state index contributed by atoms with van der Waals surface area (Å²) in [5.74, 6) is 0.953. The molecule has 0 fully saturated rings. The third-order valence-electron chi connectivity index (χ3n) is 2.89. The highest BCUT2D eigenvalue weighted by Crippen LogP contribution is 2.09. The van der Waals surface area contributed by atoms with Crippen molar-refractivity contribution < 1.29 is 14.6 Å². The van der Waals surface area contributed by atoms with E-state index < -0.39 is 0 Å². The average Bonchev–Trinajstić information content (AvgIpc) is 2.46. The third-order valence-corrected chi connectivity index (χ3v) is 2.89. The number of hydrogen-bond donors (Lipinski definition) is 1. The zero-order valence-corrected chi connectivity index (χ0v) is 11.7. The summed E-state index contributed by atoms with van der Waals surface area (Å²) in [5.41, 5.74) is 0. The Hall–Kier alpha value is -1.06. The standard InChI is InChI=1S/C16H26O3/c17-12-6-9-14-18-13-7-1-2-8-15-19-16-10-4-3-5-11-16/h3-5,10-11,17H,1-2,6-9,12-15H2. The largest absolute Gasteiger partial charge is 0.494 e. The highest BCUT2D eigenvalue weighted by molar-refractivity contribution is 5.20. The first-order valence-corrected chi connectivity index (χ1v) is 7.30. The van der Waals surface area contributed by atoms with Crippen molar-refractivity contribution in [3.05, 3.63) is 30.3 Å². The van der Waals surface area contributed by atoms with Gasteiger partial charge in [0, 0.05) is 19.8 Å². The molecule has 1 rings (SSSR count). The second-order valence-corrected chi connectivity index (χ2v) is 4.62. The maximum absolute atomic E-state index is 8.60. The third kappa shape index (κ3) is 9.51. The van der Waals surface area contributed by atoms with Crippen molar-refractivity contribution in [2.75, 3.05) is 26.4 Å². The zero-order valence-electron chi connectivity index (χ0n) is 11.7. The SMILES string of the molecule is OCCCCOCCCCCCOc1ccccc1. The van der Waals surface area contributed by atoms with E-state index in [1.807, 2.05) is 30.3 Å². The number of para-hydroxylation sites is 1. The molecule has 0 spiro atoms. The van der Waals surface area contributed by atoms with Gasteiger partial charge in [0.05, 0.1) is 6.61 Å². The fourth-order valence-electron chi connectivity index (χ4n) is 1.78. The van der Waals surface area contributed by atoms with Crippen LogP contribution >= 0.6 is 0 Å². The van der Waals surface area contributed by atoms with Gasteiger partial charge in [-0.1, -0.05) is 24.6 Å². The van der Waals surface area contributed by atoms with Crippen molar-refractivity contribution in [3.8, 4) is 5.75 Å². The molecule has 1 aromatic carbocycles. The molecule has 1 aromatic rings. The summed E-state index contributed by atoms with van der Waals surface area (Å²) in [7, 11) is 0. The van der Waals surface area contributed by atoms with E-state index in [4.69, 9.17) is 14.6 Å². The summed E-state index contributed by atoms with van der Waals surface area (Å²) >= 11 is 0. The smallest absolute Gasteiger partial charge is 0.119 e. The molecule has 0 bridgehead atoms. The number of unbranched alkanes of at least 4 members (excludes halogenated alkanes) is 4. The van der Waals surface area contributed by atoms with Gasteiger partial charge in [0.15, 0.2) is 0 Å². The number of rotatable bonds is 12. The maximum atomic E-state index is 8.60. The Morgan fingerprint density at radius 2 is 1.37 bits per heavy atom. The molecule has 0 heterocycles. The van der Waals surface area contributed by atoms with Crippen LogP contribution in [0.3, 0.4) is 0 Å². The molecule has 0 atom stereocenters. The van der Waals surface area contributed by atoms with E-state index in [1.165, 1.54) is 12.8 Å². The zero-order chi connectivity index (χ0) is 13.6. The highest BCUT2D eigenvalue weighted by Gasteiger charge is 1.94. The lowest BCUT2D eigenvalue weighted by Gasteiger charge is -2.06. The van der Waals surface area contributed by atoms with Crippen LogP contribution < -0.4 is 4.74 Å². The van der Waals surface area contributed by atoms with Gasteiger partial charge in [-0.05, 0) is 44.2 Å². The molecule has 0 aliphatic rings. The van der Waals surface area contributed by atoms with Crippen molar-refractivity contribution >= 4 is 0 Å². The van der Waals surface area contributed by atoms with Crippen LogP contribution in [0.2, 0.25) is 0 Å².